The van der Waals surface area contributed by atoms with Gasteiger partial charge < -0.3 is 11.1 Å². The van der Waals surface area contributed by atoms with Gasteiger partial charge in [0.2, 0.25) is 0 Å². The third-order valence-electron chi connectivity index (χ3n) is 2.20. The molecule has 6 heteroatoms. The minimum Gasteiger partial charge on any atom is -0.399 e. The second kappa shape index (κ2) is 5.37. The van der Waals surface area contributed by atoms with Gasteiger partial charge in [-0.25, -0.2) is 4.98 Å². The molecule has 0 aliphatic carbocycles. The second-order valence-electron chi connectivity index (χ2n) is 3.56. The molecule has 1 aromatic heterocycles. The number of carbonyl (C=O) groups is 1. The van der Waals surface area contributed by atoms with E-state index in [9.17, 15) is 4.79 Å². The van der Waals surface area contributed by atoms with E-state index in [2.05, 4.69) is 26.2 Å². The van der Waals surface area contributed by atoms with Crippen LogP contribution in [0.2, 0.25) is 5.02 Å². The Morgan fingerprint density at radius 1 is 1.33 bits per heavy atom. The Hall–Kier alpha value is -1.59. The van der Waals surface area contributed by atoms with Crippen LogP contribution in [0, 0.1) is 0 Å². The molecule has 0 aliphatic rings. The summed E-state index contributed by atoms with van der Waals surface area (Å²) in [7, 11) is 0. The molecule has 0 saturated carbocycles. The summed E-state index contributed by atoms with van der Waals surface area (Å²) in [6.07, 6.45) is 1.46. The first kappa shape index (κ1) is 12.9. The van der Waals surface area contributed by atoms with Crippen LogP contribution in [0.4, 0.5) is 11.5 Å². The van der Waals surface area contributed by atoms with Crippen LogP contribution in [0.15, 0.2) is 41.0 Å². The van der Waals surface area contributed by atoms with Crippen molar-refractivity contribution < 1.29 is 4.79 Å². The number of benzene rings is 1. The van der Waals surface area contributed by atoms with Crippen LogP contribution in [0.1, 0.15) is 10.4 Å². The van der Waals surface area contributed by atoms with E-state index >= 15 is 0 Å². The molecule has 2 aromatic rings. The number of hydrogen-bond donors (Lipinski definition) is 2. The second-order valence-corrected chi connectivity index (χ2v) is 4.85. The van der Waals surface area contributed by atoms with Gasteiger partial charge in [0, 0.05) is 16.4 Å². The lowest BCUT2D eigenvalue weighted by molar-refractivity contribution is 0.102. The van der Waals surface area contributed by atoms with Crippen molar-refractivity contribution in [3.05, 3.63) is 51.6 Å². The van der Waals surface area contributed by atoms with Crippen molar-refractivity contribution in [1.29, 1.82) is 0 Å². The highest BCUT2D eigenvalue weighted by atomic mass is 79.9. The van der Waals surface area contributed by atoms with Gasteiger partial charge in [-0.15, -0.1) is 0 Å². The van der Waals surface area contributed by atoms with Gasteiger partial charge in [-0.2, -0.15) is 0 Å². The van der Waals surface area contributed by atoms with E-state index in [-0.39, 0.29) is 5.91 Å². The smallest absolute Gasteiger partial charge is 0.258 e. The van der Waals surface area contributed by atoms with E-state index in [4.69, 9.17) is 17.3 Å². The van der Waals surface area contributed by atoms with E-state index in [0.29, 0.717) is 26.6 Å². The SMILES string of the molecule is Nc1ccc(Br)c(C(=O)Nc2ccc(Cl)cn2)c1. The number of rotatable bonds is 2. The lowest BCUT2D eigenvalue weighted by Gasteiger charge is -2.07. The number of nitrogens with zero attached hydrogens (tertiary/aromatic N) is 1. The summed E-state index contributed by atoms with van der Waals surface area (Å²) in [6, 6.07) is 8.30. The van der Waals surface area contributed by atoms with Gasteiger partial charge in [0.15, 0.2) is 0 Å². The van der Waals surface area contributed by atoms with Gasteiger partial charge >= 0.3 is 0 Å². The van der Waals surface area contributed by atoms with E-state index in [0.717, 1.165) is 0 Å². The maximum absolute atomic E-state index is 12.0. The molecule has 0 radical (unpaired) electrons. The van der Waals surface area contributed by atoms with E-state index < -0.39 is 0 Å². The third-order valence-corrected chi connectivity index (χ3v) is 3.12. The number of nitrogens with one attached hydrogen (secondary N) is 1. The lowest BCUT2D eigenvalue weighted by atomic mass is 10.2. The Kier molecular flexibility index (Phi) is 3.84. The van der Waals surface area contributed by atoms with Crippen LogP contribution in [0.3, 0.4) is 0 Å². The molecule has 18 heavy (non-hydrogen) atoms. The number of hydrogen-bond acceptors (Lipinski definition) is 3. The predicted molar refractivity (Wildman–Crippen MR) is 75.8 cm³/mol. The van der Waals surface area contributed by atoms with Crippen LogP contribution in [-0.2, 0) is 0 Å². The average Bonchev–Trinajstić information content (AvgIpc) is 2.35. The maximum Gasteiger partial charge on any atom is 0.258 e. The molecular formula is C12H9BrClN3O. The maximum atomic E-state index is 12.0. The number of nitrogens with two attached hydrogens (primary N) is 1. The van der Waals surface area contributed by atoms with Crippen LogP contribution < -0.4 is 11.1 Å². The molecule has 0 spiro atoms. The van der Waals surface area contributed by atoms with Crippen molar-refractivity contribution in [3.63, 3.8) is 0 Å². The summed E-state index contributed by atoms with van der Waals surface area (Å²) in [5.74, 6) is 0.141. The number of nitrogen functional groups attached to an aromatic ring is 1. The van der Waals surface area contributed by atoms with Crippen LogP contribution in [0.25, 0.3) is 0 Å². The molecule has 3 N–H and O–H groups in total. The molecule has 1 aromatic carbocycles. The van der Waals surface area contributed by atoms with Gasteiger partial charge in [0.25, 0.3) is 5.91 Å². The van der Waals surface area contributed by atoms with Gasteiger partial charge in [-0.05, 0) is 46.3 Å². The van der Waals surface area contributed by atoms with Gasteiger partial charge in [-0.3, -0.25) is 4.79 Å². The monoisotopic (exact) mass is 325 g/mol. The van der Waals surface area contributed by atoms with Gasteiger partial charge in [0.05, 0.1) is 10.6 Å². The largest absolute Gasteiger partial charge is 0.399 e. The first-order valence-electron chi connectivity index (χ1n) is 5.04. The van der Waals surface area contributed by atoms with E-state index in [1.165, 1.54) is 6.20 Å². The number of anilines is 2. The minimum absolute atomic E-state index is 0.288. The molecule has 0 fully saturated rings. The van der Waals surface area contributed by atoms with Crippen molar-refractivity contribution in [2.45, 2.75) is 0 Å². The standard InChI is InChI=1S/C12H9BrClN3O/c13-10-3-2-8(15)5-9(10)12(18)17-11-4-1-7(14)6-16-11/h1-6H,15H2,(H,16,17,18). The Balaban J connectivity index is 2.21. The molecule has 1 heterocycles. The zero-order chi connectivity index (χ0) is 13.1. The first-order chi connectivity index (χ1) is 8.56. The zero-order valence-electron chi connectivity index (χ0n) is 9.15. The number of carbonyl (C=O) groups excluding carboxylic acids is 1. The van der Waals surface area contributed by atoms with Crippen LogP contribution in [-0.4, -0.2) is 10.9 Å². The van der Waals surface area contributed by atoms with Crippen molar-refractivity contribution >= 4 is 44.9 Å². The van der Waals surface area contributed by atoms with Gasteiger partial charge in [0.1, 0.15) is 5.82 Å². The van der Waals surface area contributed by atoms with Crippen LogP contribution in [0.5, 0.6) is 0 Å². The first-order valence-corrected chi connectivity index (χ1v) is 6.21. The van der Waals surface area contributed by atoms with Gasteiger partial charge in [-0.1, -0.05) is 11.6 Å². The predicted octanol–water partition coefficient (Wildman–Crippen LogP) is 3.33. The Morgan fingerprint density at radius 3 is 2.78 bits per heavy atom. The normalized spacial score (nSPS) is 10.1. The summed E-state index contributed by atoms with van der Waals surface area (Å²) >= 11 is 9.01. The summed E-state index contributed by atoms with van der Waals surface area (Å²) in [4.78, 5) is 16.0. The molecule has 0 atom stereocenters. The summed E-state index contributed by atoms with van der Waals surface area (Å²) < 4.78 is 0.670. The highest BCUT2D eigenvalue weighted by Gasteiger charge is 2.11. The fourth-order valence-corrected chi connectivity index (χ4v) is 1.89. The van der Waals surface area contributed by atoms with Crippen molar-refractivity contribution in [2.24, 2.45) is 0 Å². The highest BCUT2D eigenvalue weighted by molar-refractivity contribution is 9.10. The molecule has 1 amide bonds. The average molecular weight is 327 g/mol. The Labute approximate surface area is 117 Å². The van der Waals surface area contributed by atoms with Crippen molar-refractivity contribution in [3.8, 4) is 0 Å². The third kappa shape index (κ3) is 3.00. The number of aromatic nitrogens is 1. The lowest BCUT2D eigenvalue weighted by Crippen LogP contribution is -2.13. The molecule has 0 saturated heterocycles. The molecule has 0 bridgehead atoms. The summed E-state index contributed by atoms with van der Waals surface area (Å²) in [6.45, 7) is 0. The molecule has 4 nitrogen and oxygen atoms in total. The molecule has 0 aliphatic heterocycles. The Morgan fingerprint density at radius 2 is 2.11 bits per heavy atom. The fourth-order valence-electron chi connectivity index (χ4n) is 1.35. The van der Waals surface area contributed by atoms with E-state index in [1.54, 1.807) is 30.3 Å². The summed E-state index contributed by atoms with van der Waals surface area (Å²) in [5, 5.41) is 3.17. The quantitative estimate of drug-likeness (QED) is 0.832. The van der Waals surface area contributed by atoms with Crippen LogP contribution >= 0.6 is 27.5 Å². The van der Waals surface area contributed by atoms with E-state index in [1.807, 2.05) is 0 Å². The highest BCUT2D eigenvalue weighted by Crippen LogP contribution is 2.20. The number of amides is 1. The molecule has 0 unspecified atom stereocenters. The number of pyridine rings is 1. The van der Waals surface area contributed by atoms with Crippen molar-refractivity contribution in [2.75, 3.05) is 11.1 Å². The topological polar surface area (TPSA) is 68.0 Å². The fraction of sp³-hybridized carbons (Fsp3) is 0. The Bertz CT molecular complexity index is 586. The molecular weight excluding hydrogens is 318 g/mol. The molecule has 92 valence electrons. The zero-order valence-corrected chi connectivity index (χ0v) is 11.5. The number of halogens is 2. The minimum atomic E-state index is -0.288. The summed E-state index contributed by atoms with van der Waals surface area (Å²) in [5.41, 5.74) is 6.62. The molecule has 2 rings (SSSR count). The van der Waals surface area contributed by atoms with Crippen molar-refractivity contribution in [1.82, 2.24) is 4.98 Å².